The normalized spacial score (nSPS) is 23.7. The van der Waals surface area contributed by atoms with E-state index in [2.05, 4.69) is 4.90 Å². The number of piperidine rings is 1. The van der Waals surface area contributed by atoms with Gasteiger partial charge in [-0.25, -0.2) is 0 Å². The Bertz CT molecular complexity index is 444. The maximum absolute atomic E-state index is 10.2. The van der Waals surface area contributed by atoms with E-state index in [9.17, 15) is 5.11 Å². The van der Waals surface area contributed by atoms with Gasteiger partial charge < -0.3 is 20.5 Å². The average Bonchev–Trinajstić information content (AvgIpc) is 2.25. The monoisotopic (exact) mass is 264 g/mol. The summed E-state index contributed by atoms with van der Waals surface area (Å²) >= 11 is 0. The van der Waals surface area contributed by atoms with Crippen molar-refractivity contribution in [1.29, 1.82) is 0 Å². The second-order valence-electron chi connectivity index (χ2n) is 5.95. The summed E-state index contributed by atoms with van der Waals surface area (Å²) in [6, 6.07) is 5.78. The molecule has 3 N–H and O–H groups in total. The molecule has 1 atom stereocenters. The van der Waals surface area contributed by atoms with Crippen LogP contribution in [0.3, 0.4) is 0 Å². The van der Waals surface area contributed by atoms with E-state index in [1.807, 2.05) is 39.0 Å². The van der Waals surface area contributed by atoms with Gasteiger partial charge in [-0.3, -0.25) is 0 Å². The molecule has 1 saturated heterocycles. The van der Waals surface area contributed by atoms with Crippen LogP contribution in [0.5, 0.6) is 5.75 Å². The van der Waals surface area contributed by atoms with Crippen LogP contribution in [-0.2, 0) is 0 Å². The number of hydrogen-bond donors (Lipinski definition) is 2. The molecule has 1 aromatic carbocycles. The zero-order valence-electron chi connectivity index (χ0n) is 12.0. The molecule has 2 rings (SSSR count). The van der Waals surface area contributed by atoms with Gasteiger partial charge in [-0.05, 0) is 39.7 Å². The highest BCUT2D eigenvalue weighted by molar-refractivity contribution is 5.61. The molecule has 0 amide bonds. The fourth-order valence-corrected chi connectivity index (χ4v) is 2.57. The van der Waals surface area contributed by atoms with E-state index in [-0.39, 0.29) is 6.10 Å². The van der Waals surface area contributed by atoms with Gasteiger partial charge in [0, 0.05) is 36.6 Å². The Morgan fingerprint density at radius 1 is 1.37 bits per heavy atom. The van der Waals surface area contributed by atoms with Crippen molar-refractivity contribution < 1.29 is 9.84 Å². The van der Waals surface area contributed by atoms with Gasteiger partial charge in [0.25, 0.3) is 0 Å². The van der Waals surface area contributed by atoms with Crippen LogP contribution in [0, 0.1) is 0 Å². The third kappa shape index (κ3) is 3.77. The maximum Gasteiger partial charge on any atom is 0.123 e. The predicted octanol–water partition coefficient (Wildman–Crippen LogP) is 2.41. The Morgan fingerprint density at radius 2 is 2.11 bits per heavy atom. The minimum atomic E-state index is -0.623. The lowest BCUT2D eigenvalue weighted by Crippen LogP contribution is -2.46. The first-order chi connectivity index (χ1) is 8.85. The SMILES string of the molecule is CC(C)Oc1cc(N)cc(N2CCCC(C)(O)C2)c1. The maximum atomic E-state index is 10.2. The Morgan fingerprint density at radius 3 is 2.74 bits per heavy atom. The molecule has 1 unspecified atom stereocenters. The van der Waals surface area contributed by atoms with E-state index in [4.69, 9.17) is 10.5 Å². The van der Waals surface area contributed by atoms with Gasteiger partial charge in [0.05, 0.1) is 11.7 Å². The first-order valence-corrected chi connectivity index (χ1v) is 6.90. The van der Waals surface area contributed by atoms with Crippen molar-refractivity contribution in [2.24, 2.45) is 0 Å². The molecule has 0 aromatic heterocycles. The van der Waals surface area contributed by atoms with Crippen LogP contribution in [0.1, 0.15) is 33.6 Å². The van der Waals surface area contributed by atoms with Crippen molar-refractivity contribution in [3.05, 3.63) is 18.2 Å². The summed E-state index contributed by atoms with van der Waals surface area (Å²) in [7, 11) is 0. The van der Waals surface area contributed by atoms with E-state index in [1.54, 1.807) is 0 Å². The smallest absolute Gasteiger partial charge is 0.123 e. The van der Waals surface area contributed by atoms with Crippen molar-refractivity contribution in [3.63, 3.8) is 0 Å². The van der Waals surface area contributed by atoms with Gasteiger partial charge in [-0.1, -0.05) is 0 Å². The fraction of sp³-hybridized carbons (Fsp3) is 0.600. The summed E-state index contributed by atoms with van der Waals surface area (Å²) in [6.07, 6.45) is 1.96. The summed E-state index contributed by atoms with van der Waals surface area (Å²) < 4.78 is 5.71. The van der Waals surface area contributed by atoms with Gasteiger partial charge in [0.2, 0.25) is 0 Å². The second-order valence-corrected chi connectivity index (χ2v) is 5.95. The Balaban J connectivity index is 2.21. The Labute approximate surface area is 115 Å². The topological polar surface area (TPSA) is 58.7 Å². The summed E-state index contributed by atoms with van der Waals surface area (Å²) in [5.41, 5.74) is 7.03. The first kappa shape index (κ1) is 14.0. The van der Waals surface area contributed by atoms with Gasteiger partial charge in [-0.15, -0.1) is 0 Å². The number of ether oxygens (including phenoxy) is 1. The van der Waals surface area contributed by atoms with Crippen LogP contribution in [0.4, 0.5) is 11.4 Å². The van der Waals surface area contributed by atoms with Crippen LogP contribution in [0.2, 0.25) is 0 Å². The van der Waals surface area contributed by atoms with E-state index < -0.39 is 5.60 Å². The molecule has 0 spiro atoms. The third-order valence-corrected chi connectivity index (χ3v) is 3.33. The minimum absolute atomic E-state index is 0.124. The lowest BCUT2D eigenvalue weighted by molar-refractivity contribution is 0.0449. The zero-order chi connectivity index (χ0) is 14.0. The molecule has 1 aliphatic rings. The molecule has 0 bridgehead atoms. The Hall–Kier alpha value is -1.42. The highest BCUT2D eigenvalue weighted by Crippen LogP contribution is 2.30. The van der Waals surface area contributed by atoms with E-state index in [1.165, 1.54) is 0 Å². The molecule has 0 saturated carbocycles. The summed E-state index contributed by atoms with van der Waals surface area (Å²) in [4.78, 5) is 2.17. The predicted molar refractivity (Wildman–Crippen MR) is 78.7 cm³/mol. The molecule has 1 aliphatic heterocycles. The van der Waals surface area contributed by atoms with E-state index in [0.717, 1.165) is 30.8 Å². The number of aliphatic hydroxyl groups is 1. The number of nitrogen functional groups attached to an aromatic ring is 1. The van der Waals surface area contributed by atoms with Crippen LogP contribution in [-0.4, -0.2) is 29.9 Å². The molecule has 1 fully saturated rings. The molecular formula is C15H24N2O2. The van der Waals surface area contributed by atoms with Gasteiger partial charge in [0.15, 0.2) is 0 Å². The molecule has 1 aromatic rings. The van der Waals surface area contributed by atoms with Crippen LogP contribution < -0.4 is 15.4 Å². The highest BCUT2D eigenvalue weighted by atomic mass is 16.5. The standard InChI is InChI=1S/C15H24N2O2/c1-11(2)19-14-8-12(16)7-13(9-14)17-6-4-5-15(3,18)10-17/h7-9,11,18H,4-6,10,16H2,1-3H3. The summed E-state index contributed by atoms with van der Waals surface area (Å²) in [6.45, 7) is 7.46. The third-order valence-electron chi connectivity index (χ3n) is 3.33. The molecule has 4 nitrogen and oxygen atoms in total. The van der Waals surface area contributed by atoms with Crippen molar-refractivity contribution in [3.8, 4) is 5.75 Å². The van der Waals surface area contributed by atoms with Crippen LogP contribution in [0.25, 0.3) is 0 Å². The summed E-state index contributed by atoms with van der Waals surface area (Å²) in [5.74, 6) is 0.787. The van der Waals surface area contributed by atoms with Crippen molar-refractivity contribution >= 4 is 11.4 Å². The number of benzene rings is 1. The number of β-amino-alcohol motifs (C(OH)–C–C–N with tert-alkyl or cyclic N) is 1. The number of nitrogens with two attached hydrogens (primary N) is 1. The molecule has 19 heavy (non-hydrogen) atoms. The fourth-order valence-electron chi connectivity index (χ4n) is 2.57. The molecular weight excluding hydrogens is 240 g/mol. The molecule has 0 aliphatic carbocycles. The number of anilines is 2. The first-order valence-electron chi connectivity index (χ1n) is 6.90. The Kier molecular flexibility index (Phi) is 3.90. The minimum Gasteiger partial charge on any atom is -0.491 e. The molecule has 106 valence electrons. The quantitative estimate of drug-likeness (QED) is 0.823. The molecule has 0 radical (unpaired) electrons. The average molecular weight is 264 g/mol. The van der Waals surface area contributed by atoms with Crippen LogP contribution in [0.15, 0.2) is 18.2 Å². The second kappa shape index (κ2) is 5.29. The van der Waals surface area contributed by atoms with Gasteiger partial charge >= 0.3 is 0 Å². The van der Waals surface area contributed by atoms with Gasteiger partial charge in [0.1, 0.15) is 5.75 Å². The highest BCUT2D eigenvalue weighted by Gasteiger charge is 2.28. The van der Waals surface area contributed by atoms with Gasteiger partial charge in [-0.2, -0.15) is 0 Å². The van der Waals surface area contributed by atoms with Crippen molar-refractivity contribution in [1.82, 2.24) is 0 Å². The largest absolute Gasteiger partial charge is 0.491 e. The van der Waals surface area contributed by atoms with Crippen molar-refractivity contribution in [2.45, 2.75) is 45.3 Å². The van der Waals surface area contributed by atoms with Crippen LogP contribution >= 0.6 is 0 Å². The molecule has 1 heterocycles. The zero-order valence-corrected chi connectivity index (χ0v) is 12.0. The lowest BCUT2D eigenvalue weighted by atomic mass is 9.95. The molecule has 4 heteroatoms. The summed E-state index contributed by atoms with van der Waals surface area (Å²) in [5, 5.41) is 10.2. The number of nitrogens with zero attached hydrogens (tertiary/aromatic N) is 1. The number of hydrogen-bond acceptors (Lipinski definition) is 4. The van der Waals surface area contributed by atoms with E-state index >= 15 is 0 Å². The van der Waals surface area contributed by atoms with E-state index in [0.29, 0.717) is 12.2 Å². The van der Waals surface area contributed by atoms with Crippen molar-refractivity contribution in [2.75, 3.05) is 23.7 Å². The lowest BCUT2D eigenvalue weighted by Gasteiger charge is -2.38. The number of rotatable bonds is 3.